The largest absolute Gasteiger partial charge is 0.497 e. The quantitative estimate of drug-likeness (QED) is 0.840. The fourth-order valence-corrected chi connectivity index (χ4v) is 4.39. The molecule has 0 unspecified atom stereocenters. The van der Waals surface area contributed by atoms with Crippen LogP contribution in [0.25, 0.3) is 0 Å². The van der Waals surface area contributed by atoms with Crippen molar-refractivity contribution in [1.29, 1.82) is 0 Å². The van der Waals surface area contributed by atoms with Gasteiger partial charge in [0.2, 0.25) is 0 Å². The summed E-state index contributed by atoms with van der Waals surface area (Å²) in [5, 5.41) is 0. The van der Waals surface area contributed by atoms with Crippen LogP contribution in [0, 0.1) is 5.92 Å². The third-order valence-electron chi connectivity index (χ3n) is 5.51. The van der Waals surface area contributed by atoms with E-state index in [2.05, 4.69) is 0 Å². The maximum Gasteiger partial charge on any atom is 0.164 e. The van der Waals surface area contributed by atoms with E-state index in [1.165, 1.54) is 0 Å². The molecule has 0 radical (unpaired) electrons. The summed E-state index contributed by atoms with van der Waals surface area (Å²) < 4.78 is 28.9. The highest BCUT2D eigenvalue weighted by Gasteiger charge is 2.63. The van der Waals surface area contributed by atoms with Gasteiger partial charge >= 0.3 is 0 Å². The Bertz CT molecular complexity index is 669. The molecule has 0 aromatic heterocycles. The smallest absolute Gasteiger partial charge is 0.164 e. The van der Waals surface area contributed by atoms with Crippen LogP contribution < -0.4 is 9.47 Å². The topological polar surface area (TPSA) is 63.2 Å². The van der Waals surface area contributed by atoms with E-state index in [-0.39, 0.29) is 11.7 Å². The van der Waals surface area contributed by atoms with E-state index in [9.17, 15) is 4.79 Å². The first-order valence-electron chi connectivity index (χ1n) is 8.17. The summed E-state index contributed by atoms with van der Waals surface area (Å²) in [5.41, 5.74) is 0.415. The minimum absolute atomic E-state index is 0.0153. The highest BCUT2D eigenvalue weighted by Crippen LogP contribution is 2.56. The van der Waals surface area contributed by atoms with E-state index in [1.807, 2.05) is 12.1 Å². The zero-order valence-corrected chi connectivity index (χ0v) is 14.2. The highest BCUT2D eigenvalue weighted by atomic mass is 16.6. The Morgan fingerprint density at radius 2 is 2.04 bits per heavy atom. The standard InChI is InChI=1S/C18H22O6/c1-11(19)18-10-23-8-13(18)6-17(24-18)9-22-7-12-4-14(20-2)5-15(21-3)16(12)17/h4-5,13H,6-10H2,1-3H3/t13-,17+,18-/m0/s1. The molecule has 1 spiro atoms. The van der Waals surface area contributed by atoms with Gasteiger partial charge in [-0.25, -0.2) is 0 Å². The molecule has 0 aliphatic carbocycles. The molecular formula is C18H22O6. The number of ether oxygens (including phenoxy) is 5. The van der Waals surface area contributed by atoms with Crippen LogP contribution in [0.3, 0.4) is 0 Å². The number of benzene rings is 1. The summed E-state index contributed by atoms with van der Waals surface area (Å²) >= 11 is 0. The first-order chi connectivity index (χ1) is 11.5. The lowest BCUT2D eigenvalue weighted by Crippen LogP contribution is -2.46. The van der Waals surface area contributed by atoms with Crippen molar-refractivity contribution in [2.45, 2.75) is 31.2 Å². The van der Waals surface area contributed by atoms with Crippen LogP contribution in [0.5, 0.6) is 11.5 Å². The fourth-order valence-electron chi connectivity index (χ4n) is 4.39. The molecule has 3 atom stereocenters. The van der Waals surface area contributed by atoms with Crippen LogP contribution in [0.1, 0.15) is 24.5 Å². The molecule has 0 bridgehead atoms. The van der Waals surface area contributed by atoms with Gasteiger partial charge in [-0.3, -0.25) is 4.79 Å². The average Bonchev–Trinajstić information content (AvgIpc) is 3.10. The molecule has 2 fully saturated rings. The number of carbonyl (C=O) groups is 1. The van der Waals surface area contributed by atoms with Crippen LogP contribution in [0.4, 0.5) is 0 Å². The number of Topliss-reactive ketones (excluding diaryl/α,β-unsaturated/α-hetero) is 1. The van der Waals surface area contributed by atoms with Gasteiger partial charge in [0.05, 0.1) is 40.6 Å². The van der Waals surface area contributed by atoms with Crippen LogP contribution >= 0.6 is 0 Å². The lowest BCUT2D eigenvalue weighted by molar-refractivity contribution is -0.173. The molecule has 0 amide bonds. The van der Waals surface area contributed by atoms with Gasteiger partial charge in [0.1, 0.15) is 17.1 Å². The lowest BCUT2D eigenvalue weighted by atomic mass is 9.80. The Kier molecular flexibility index (Phi) is 3.60. The van der Waals surface area contributed by atoms with E-state index < -0.39 is 11.2 Å². The molecule has 24 heavy (non-hydrogen) atoms. The number of hydrogen-bond donors (Lipinski definition) is 0. The third-order valence-corrected chi connectivity index (χ3v) is 5.51. The van der Waals surface area contributed by atoms with Crippen molar-refractivity contribution >= 4 is 5.78 Å². The van der Waals surface area contributed by atoms with Gasteiger partial charge < -0.3 is 23.7 Å². The first kappa shape index (κ1) is 15.9. The predicted molar refractivity (Wildman–Crippen MR) is 84.3 cm³/mol. The number of ketones is 1. The van der Waals surface area contributed by atoms with E-state index in [0.29, 0.717) is 44.3 Å². The summed E-state index contributed by atoms with van der Waals surface area (Å²) in [4.78, 5) is 12.3. The van der Waals surface area contributed by atoms with Crippen molar-refractivity contribution < 1.29 is 28.5 Å². The summed E-state index contributed by atoms with van der Waals surface area (Å²) in [6.45, 7) is 3.31. The summed E-state index contributed by atoms with van der Waals surface area (Å²) in [5.74, 6) is 1.49. The number of carbonyl (C=O) groups excluding carboxylic acids is 1. The second kappa shape index (κ2) is 5.44. The van der Waals surface area contributed by atoms with Gasteiger partial charge in [0.25, 0.3) is 0 Å². The predicted octanol–water partition coefficient (Wildman–Crippen LogP) is 1.82. The maximum atomic E-state index is 12.3. The molecular weight excluding hydrogens is 312 g/mol. The second-order valence-corrected chi connectivity index (χ2v) is 6.81. The Labute approximate surface area is 141 Å². The second-order valence-electron chi connectivity index (χ2n) is 6.81. The van der Waals surface area contributed by atoms with Crippen LogP contribution in [-0.4, -0.2) is 45.4 Å². The van der Waals surface area contributed by atoms with Gasteiger partial charge in [0, 0.05) is 17.5 Å². The minimum atomic E-state index is -0.872. The summed E-state index contributed by atoms with van der Waals surface area (Å²) in [7, 11) is 3.26. The Morgan fingerprint density at radius 1 is 1.21 bits per heavy atom. The normalized spacial score (nSPS) is 34.0. The van der Waals surface area contributed by atoms with Crippen molar-refractivity contribution in [3.05, 3.63) is 23.3 Å². The van der Waals surface area contributed by atoms with E-state index in [0.717, 1.165) is 11.1 Å². The molecule has 4 rings (SSSR count). The molecule has 3 heterocycles. The van der Waals surface area contributed by atoms with Crippen LogP contribution in [-0.2, 0) is 31.2 Å². The Balaban J connectivity index is 1.84. The molecule has 1 aromatic rings. The highest BCUT2D eigenvalue weighted by molar-refractivity contribution is 5.86. The van der Waals surface area contributed by atoms with Crippen molar-refractivity contribution in [3.8, 4) is 11.5 Å². The number of methoxy groups -OCH3 is 2. The lowest BCUT2D eigenvalue weighted by Gasteiger charge is -2.38. The van der Waals surface area contributed by atoms with Crippen molar-refractivity contribution in [3.63, 3.8) is 0 Å². The third kappa shape index (κ3) is 2.03. The molecule has 6 heteroatoms. The number of hydrogen-bond acceptors (Lipinski definition) is 6. The summed E-state index contributed by atoms with van der Waals surface area (Å²) in [6, 6.07) is 3.81. The van der Waals surface area contributed by atoms with Crippen molar-refractivity contribution in [2.24, 2.45) is 5.92 Å². The minimum Gasteiger partial charge on any atom is -0.497 e. The van der Waals surface area contributed by atoms with E-state index in [1.54, 1.807) is 21.1 Å². The molecule has 3 aliphatic rings. The van der Waals surface area contributed by atoms with Gasteiger partial charge in [-0.05, 0) is 25.0 Å². The molecule has 3 aliphatic heterocycles. The first-order valence-corrected chi connectivity index (χ1v) is 8.17. The van der Waals surface area contributed by atoms with Crippen molar-refractivity contribution in [2.75, 3.05) is 34.0 Å². The van der Waals surface area contributed by atoms with Crippen LogP contribution in [0.15, 0.2) is 12.1 Å². The monoisotopic (exact) mass is 334 g/mol. The molecule has 2 saturated heterocycles. The molecule has 0 N–H and O–H groups in total. The van der Waals surface area contributed by atoms with E-state index >= 15 is 0 Å². The number of fused-ring (bicyclic) bond motifs is 3. The molecule has 0 saturated carbocycles. The average molecular weight is 334 g/mol. The van der Waals surface area contributed by atoms with Gasteiger partial charge in [-0.1, -0.05) is 0 Å². The van der Waals surface area contributed by atoms with E-state index in [4.69, 9.17) is 23.7 Å². The zero-order chi connectivity index (χ0) is 16.9. The Hall–Kier alpha value is -1.63. The summed E-state index contributed by atoms with van der Waals surface area (Å²) in [6.07, 6.45) is 0.683. The van der Waals surface area contributed by atoms with Gasteiger partial charge in [-0.15, -0.1) is 0 Å². The maximum absolute atomic E-state index is 12.3. The SMILES string of the molecule is COc1cc2c(c(OC)c1)[C@]1(COC2)C[C@H]2COC[C@@]2(C(C)=O)O1. The van der Waals surface area contributed by atoms with Crippen LogP contribution in [0.2, 0.25) is 0 Å². The molecule has 1 aromatic carbocycles. The molecule has 130 valence electrons. The van der Waals surface area contributed by atoms with Gasteiger partial charge in [-0.2, -0.15) is 0 Å². The number of rotatable bonds is 3. The fraction of sp³-hybridized carbons (Fsp3) is 0.611. The molecule has 6 nitrogen and oxygen atoms in total. The van der Waals surface area contributed by atoms with Gasteiger partial charge in [0.15, 0.2) is 11.4 Å². The van der Waals surface area contributed by atoms with Crippen molar-refractivity contribution in [1.82, 2.24) is 0 Å². The zero-order valence-electron chi connectivity index (χ0n) is 14.2. The Morgan fingerprint density at radius 3 is 2.71 bits per heavy atom.